The zero-order valence-electron chi connectivity index (χ0n) is 8.83. The average molecular weight is 174 g/mol. The van der Waals surface area contributed by atoms with E-state index in [1.54, 1.807) is 13.8 Å². The summed E-state index contributed by atoms with van der Waals surface area (Å²) in [5.41, 5.74) is -0.954. The second-order valence-corrected chi connectivity index (χ2v) is 4.24. The molecule has 0 aromatic carbocycles. The van der Waals surface area contributed by atoms with Crippen LogP contribution < -0.4 is 0 Å². The Kier molecular flexibility index (Phi) is 6.41. The molecule has 0 aliphatic heterocycles. The highest BCUT2D eigenvalue weighted by Gasteiger charge is 2.13. The fraction of sp³-hybridized carbons (Fsp3) is 1.00. The highest BCUT2D eigenvalue weighted by molar-refractivity contribution is 4.64. The molecule has 0 aliphatic rings. The molecule has 0 fully saturated rings. The van der Waals surface area contributed by atoms with Gasteiger partial charge < -0.3 is 0 Å². The Balaban J connectivity index is 3.01. The topological polar surface area (TPSA) is 0 Å². The van der Waals surface area contributed by atoms with Crippen LogP contribution >= 0.6 is 0 Å². The molecule has 0 unspecified atom stereocenters. The van der Waals surface area contributed by atoms with Crippen molar-refractivity contribution in [1.82, 2.24) is 0 Å². The summed E-state index contributed by atoms with van der Waals surface area (Å²) in [6.45, 7) is 5.54. The number of unbranched alkanes of at least 4 members (excludes halogenated alkanes) is 5. The Labute approximate surface area is 76.6 Å². The van der Waals surface area contributed by atoms with Gasteiger partial charge in [-0.05, 0) is 20.3 Å². The first-order valence-electron chi connectivity index (χ1n) is 5.25. The van der Waals surface area contributed by atoms with Crippen molar-refractivity contribution in [3.63, 3.8) is 0 Å². The monoisotopic (exact) mass is 174 g/mol. The minimum absolute atomic E-state index is 0.721. The molecule has 0 heterocycles. The molecule has 0 spiro atoms. The third kappa shape index (κ3) is 9.93. The van der Waals surface area contributed by atoms with E-state index in [2.05, 4.69) is 6.92 Å². The van der Waals surface area contributed by atoms with E-state index in [0.717, 1.165) is 12.8 Å². The Morgan fingerprint density at radius 3 is 1.92 bits per heavy atom. The van der Waals surface area contributed by atoms with Gasteiger partial charge in [0.2, 0.25) is 0 Å². The van der Waals surface area contributed by atoms with Gasteiger partial charge in [-0.2, -0.15) is 0 Å². The van der Waals surface area contributed by atoms with E-state index in [9.17, 15) is 4.39 Å². The van der Waals surface area contributed by atoms with Crippen LogP contribution in [0.15, 0.2) is 0 Å². The number of alkyl halides is 1. The quantitative estimate of drug-likeness (QED) is 0.499. The molecule has 0 nitrogen and oxygen atoms in total. The van der Waals surface area contributed by atoms with E-state index in [4.69, 9.17) is 0 Å². The summed E-state index contributed by atoms with van der Waals surface area (Å²) in [7, 11) is 0. The van der Waals surface area contributed by atoms with Crippen LogP contribution in [-0.4, -0.2) is 5.67 Å². The lowest BCUT2D eigenvalue weighted by atomic mass is 10.0. The Morgan fingerprint density at radius 1 is 0.917 bits per heavy atom. The highest BCUT2D eigenvalue weighted by atomic mass is 19.1. The van der Waals surface area contributed by atoms with Crippen LogP contribution in [-0.2, 0) is 0 Å². The van der Waals surface area contributed by atoms with Crippen LogP contribution in [0.5, 0.6) is 0 Å². The van der Waals surface area contributed by atoms with Crippen LogP contribution in [0.3, 0.4) is 0 Å². The van der Waals surface area contributed by atoms with Gasteiger partial charge in [-0.15, -0.1) is 0 Å². The molecule has 1 heteroatoms. The Hall–Kier alpha value is -0.0700. The van der Waals surface area contributed by atoms with Crippen molar-refractivity contribution in [3.8, 4) is 0 Å². The van der Waals surface area contributed by atoms with Gasteiger partial charge in [-0.1, -0.05) is 45.4 Å². The minimum atomic E-state index is -0.954. The summed E-state index contributed by atoms with van der Waals surface area (Å²) in [4.78, 5) is 0. The summed E-state index contributed by atoms with van der Waals surface area (Å²) >= 11 is 0. The van der Waals surface area contributed by atoms with Gasteiger partial charge in [0.25, 0.3) is 0 Å². The van der Waals surface area contributed by atoms with Crippen molar-refractivity contribution in [1.29, 1.82) is 0 Å². The zero-order chi connectivity index (χ0) is 9.45. The predicted molar refractivity (Wildman–Crippen MR) is 53.2 cm³/mol. The normalized spacial score (nSPS) is 12.0. The second-order valence-electron chi connectivity index (χ2n) is 4.24. The van der Waals surface area contributed by atoms with E-state index in [1.807, 2.05) is 0 Å². The Morgan fingerprint density at radius 2 is 1.42 bits per heavy atom. The molecule has 0 radical (unpaired) electrons. The molecule has 0 amide bonds. The third-order valence-corrected chi connectivity index (χ3v) is 2.12. The van der Waals surface area contributed by atoms with E-state index in [0.29, 0.717) is 0 Å². The molecule has 0 atom stereocenters. The van der Waals surface area contributed by atoms with Crippen molar-refractivity contribution in [2.24, 2.45) is 0 Å². The van der Waals surface area contributed by atoms with Crippen LogP contribution in [0.1, 0.15) is 65.7 Å². The maximum atomic E-state index is 13.0. The molecule has 0 N–H and O–H groups in total. The zero-order valence-corrected chi connectivity index (χ0v) is 8.83. The third-order valence-electron chi connectivity index (χ3n) is 2.12. The fourth-order valence-electron chi connectivity index (χ4n) is 1.33. The number of halogens is 1. The SMILES string of the molecule is CCCCCCCCC(C)(C)F. The van der Waals surface area contributed by atoms with E-state index >= 15 is 0 Å². The molecule has 0 aliphatic carbocycles. The molecule has 74 valence electrons. The van der Waals surface area contributed by atoms with Crippen molar-refractivity contribution in [2.75, 3.05) is 0 Å². The number of hydrogen-bond acceptors (Lipinski definition) is 0. The molecule has 0 rings (SSSR count). The summed E-state index contributed by atoms with van der Waals surface area (Å²) in [6.07, 6.45) is 8.19. The standard InChI is InChI=1S/C11H23F/c1-4-5-6-7-8-9-10-11(2,3)12/h4-10H2,1-3H3. The smallest absolute Gasteiger partial charge is 0.105 e. The van der Waals surface area contributed by atoms with E-state index in [1.165, 1.54) is 32.1 Å². The molecular formula is C11H23F. The summed E-state index contributed by atoms with van der Waals surface area (Å²) in [5, 5.41) is 0. The van der Waals surface area contributed by atoms with Crippen LogP contribution in [0, 0.1) is 0 Å². The van der Waals surface area contributed by atoms with Crippen molar-refractivity contribution < 1.29 is 4.39 Å². The maximum absolute atomic E-state index is 13.0. The van der Waals surface area contributed by atoms with Gasteiger partial charge in [0.15, 0.2) is 0 Å². The average Bonchev–Trinajstić information content (AvgIpc) is 1.94. The first kappa shape index (κ1) is 11.9. The van der Waals surface area contributed by atoms with Gasteiger partial charge in [0, 0.05) is 0 Å². The van der Waals surface area contributed by atoms with Gasteiger partial charge in [-0.3, -0.25) is 0 Å². The molecule has 0 saturated carbocycles. The summed E-state index contributed by atoms with van der Waals surface area (Å²) in [6, 6.07) is 0. The van der Waals surface area contributed by atoms with Gasteiger partial charge in [0.05, 0.1) is 0 Å². The lowest BCUT2D eigenvalue weighted by molar-refractivity contribution is 0.195. The molecule has 12 heavy (non-hydrogen) atoms. The first-order valence-corrected chi connectivity index (χ1v) is 5.25. The van der Waals surface area contributed by atoms with Crippen molar-refractivity contribution in [2.45, 2.75) is 71.4 Å². The molecule has 0 aromatic rings. The van der Waals surface area contributed by atoms with Crippen LogP contribution in [0.2, 0.25) is 0 Å². The predicted octanol–water partition coefficient (Wildman–Crippen LogP) is 4.49. The lowest BCUT2D eigenvalue weighted by Crippen LogP contribution is -2.10. The van der Waals surface area contributed by atoms with Crippen LogP contribution in [0.4, 0.5) is 4.39 Å². The number of rotatable bonds is 7. The summed E-state index contributed by atoms with van der Waals surface area (Å²) in [5.74, 6) is 0. The van der Waals surface area contributed by atoms with Gasteiger partial charge in [-0.25, -0.2) is 4.39 Å². The lowest BCUT2D eigenvalue weighted by Gasteiger charge is -2.12. The second kappa shape index (κ2) is 6.45. The first-order chi connectivity index (χ1) is 5.56. The van der Waals surface area contributed by atoms with Crippen molar-refractivity contribution >= 4 is 0 Å². The van der Waals surface area contributed by atoms with E-state index in [-0.39, 0.29) is 0 Å². The molecular weight excluding hydrogens is 151 g/mol. The Bertz CT molecular complexity index is 91.7. The molecule has 0 saturated heterocycles. The van der Waals surface area contributed by atoms with Gasteiger partial charge >= 0.3 is 0 Å². The highest BCUT2D eigenvalue weighted by Crippen LogP contribution is 2.18. The summed E-state index contributed by atoms with van der Waals surface area (Å²) < 4.78 is 13.0. The number of hydrogen-bond donors (Lipinski definition) is 0. The van der Waals surface area contributed by atoms with Gasteiger partial charge in [0.1, 0.15) is 5.67 Å². The fourth-order valence-corrected chi connectivity index (χ4v) is 1.33. The van der Waals surface area contributed by atoms with Crippen LogP contribution in [0.25, 0.3) is 0 Å². The largest absolute Gasteiger partial charge is 0.245 e. The van der Waals surface area contributed by atoms with E-state index < -0.39 is 5.67 Å². The van der Waals surface area contributed by atoms with Crippen molar-refractivity contribution in [3.05, 3.63) is 0 Å². The maximum Gasteiger partial charge on any atom is 0.105 e. The molecule has 0 bridgehead atoms. The molecule has 0 aromatic heterocycles. The minimum Gasteiger partial charge on any atom is -0.245 e.